The van der Waals surface area contributed by atoms with Gasteiger partial charge in [0, 0.05) is 34.9 Å². The molecule has 0 fully saturated rings. The lowest BCUT2D eigenvalue weighted by atomic mass is 9.99. The molecule has 4 rings (SSSR count). The number of ether oxygens (including phenoxy) is 1. The van der Waals surface area contributed by atoms with Crippen LogP contribution in [0, 0.1) is 6.92 Å². The van der Waals surface area contributed by atoms with Gasteiger partial charge in [0.1, 0.15) is 5.60 Å². The average Bonchev–Trinajstić information content (AvgIpc) is 3.29. The Kier molecular flexibility index (Phi) is 4.48. The zero-order valence-electron chi connectivity index (χ0n) is 15.9. The number of esters is 1. The molecule has 27 heavy (non-hydrogen) atoms. The minimum Gasteiger partial charge on any atom is -0.451 e. The van der Waals surface area contributed by atoms with E-state index in [1.807, 2.05) is 38.1 Å². The van der Waals surface area contributed by atoms with Crippen LogP contribution < -0.4 is 0 Å². The van der Waals surface area contributed by atoms with Crippen molar-refractivity contribution in [3.8, 4) is 4.90 Å². The number of carbonyl (C=O) groups excluding carboxylic acids is 1. The summed E-state index contributed by atoms with van der Waals surface area (Å²) >= 11 is 0. The predicted octanol–water partition coefficient (Wildman–Crippen LogP) is 6.71. The van der Waals surface area contributed by atoms with Crippen molar-refractivity contribution < 1.29 is 9.53 Å². The molecule has 0 radical (unpaired) electrons. The van der Waals surface area contributed by atoms with Crippen molar-refractivity contribution in [1.29, 1.82) is 0 Å². The molecule has 0 bridgehead atoms. The highest BCUT2D eigenvalue weighted by molar-refractivity contribution is 7.45. The van der Waals surface area contributed by atoms with Gasteiger partial charge in [-0.2, -0.15) is 0 Å². The molecule has 1 aliphatic rings. The monoisotopic (exact) mass is 375 g/mol. The van der Waals surface area contributed by atoms with Crippen LogP contribution in [-0.2, 0) is 4.74 Å². The van der Waals surface area contributed by atoms with E-state index in [0.29, 0.717) is 5.56 Å². The maximum Gasteiger partial charge on any atom is 0.339 e. The Balaban J connectivity index is 1.67. The first kappa shape index (κ1) is 17.7. The number of hydrogen-bond donors (Lipinski definition) is 0. The molecule has 0 saturated carbocycles. The van der Waals surface area contributed by atoms with Gasteiger partial charge in [-0.25, -0.2) is 4.79 Å². The summed E-state index contributed by atoms with van der Waals surface area (Å²) in [5.41, 5.74) is 1.03. The second-order valence-corrected chi connectivity index (χ2v) is 9.49. The molecule has 1 heterocycles. The first-order valence-electron chi connectivity index (χ1n) is 9.18. The van der Waals surface area contributed by atoms with Crippen LogP contribution in [-0.4, -0.2) is 11.6 Å². The molecule has 1 unspecified atom stereocenters. The Morgan fingerprint density at radius 3 is 2.67 bits per heavy atom. The molecule has 2 aromatic carbocycles. The van der Waals surface area contributed by atoms with Crippen LogP contribution in [0.3, 0.4) is 0 Å². The number of benzene rings is 2. The van der Waals surface area contributed by atoms with Crippen LogP contribution in [0.2, 0.25) is 0 Å². The largest absolute Gasteiger partial charge is 0.451 e. The van der Waals surface area contributed by atoms with Gasteiger partial charge < -0.3 is 4.74 Å². The van der Waals surface area contributed by atoms with Gasteiger partial charge in [-0.3, -0.25) is 0 Å². The zero-order valence-corrected chi connectivity index (χ0v) is 16.7. The van der Waals surface area contributed by atoms with Crippen LogP contribution in [0.5, 0.6) is 0 Å². The molecular weight excluding hydrogens is 352 g/mol. The lowest BCUT2D eigenvalue weighted by Gasteiger charge is -2.25. The molecule has 2 nitrogen and oxygen atoms in total. The normalized spacial score (nSPS) is 14.5. The Labute approximate surface area is 162 Å². The summed E-state index contributed by atoms with van der Waals surface area (Å²) in [4.78, 5) is 15.3. The van der Waals surface area contributed by atoms with E-state index in [4.69, 9.17) is 4.74 Å². The average molecular weight is 376 g/mol. The fourth-order valence-corrected chi connectivity index (χ4v) is 5.81. The van der Waals surface area contributed by atoms with Gasteiger partial charge >= 0.3 is 5.97 Å². The molecule has 0 spiro atoms. The number of carbonyl (C=O) groups is 1. The first-order valence-corrected chi connectivity index (χ1v) is 10.4. The smallest absolute Gasteiger partial charge is 0.339 e. The molecule has 3 heteroatoms. The molecule has 1 aliphatic carbocycles. The molecule has 0 saturated heterocycles. The minimum absolute atomic E-state index is 0.132. The van der Waals surface area contributed by atoms with E-state index >= 15 is 0 Å². The van der Waals surface area contributed by atoms with Crippen LogP contribution >= 0.6 is 10.5 Å². The Bertz CT molecular complexity index is 1080. The summed E-state index contributed by atoms with van der Waals surface area (Å²) in [7, 11) is -0.132. The van der Waals surface area contributed by atoms with Crippen molar-refractivity contribution in [2.24, 2.45) is 0 Å². The van der Waals surface area contributed by atoms with E-state index < -0.39 is 5.60 Å². The highest BCUT2D eigenvalue weighted by Gasteiger charge is 2.29. The van der Waals surface area contributed by atoms with Crippen molar-refractivity contribution in [2.45, 2.75) is 32.8 Å². The van der Waals surface area contributed by atoms with Crippen molar-refractivity contribution in [3.05, 3.63) is 88.8 Å². The van der Waals surface area contributed by atoms with Crippen molar-refractivity contribution >= 4 is 26.5 Å². The lowest BCUT2D eigenvalue weighted by Crippen LogP contribution is -2.29. The van der Waals surface area contributed by atoms with Gasteiger partial charge in [-0.15, -0.1) is 0 Å². The summed E-state index contributed by atoms with van der Waals surface area (Å²) in [6.45, 7) is 6.05. The van der Waals surface area contributed by atoms with Gasteiger partial charge in [0.05, 0.1) is 5.56 Å². The van der Waals surface area contributed by atoms with E-state index in [0.717, 1.165) is 16.9 Å². The molecule has 136 valence electrons. The summed E-state index contributed by atoms with van der Waals surface area (Å²) in [5, 5.41) is 1.27. The minimum atomic E-state index is -0.627. The predicted molar refractivity (Wildman–Crippen MR) is 114 cm³/mol. The molecule has 0 aliphatic heterocycles. The molecule has 1 aromatic heterocycles. The van der Waals surface area contributed by atoms with Crippen molar-refractivity contribution in [2.75, 3.05) is 0 Å². The number of aryl methyl sites for hydroxylation is 1. The summed E-state index contributed by atoms with van der Waals surface area (Å²) < 4.78 is 7.17. The molecule has 0 amide bonds. The second-order valence-electron chi connectivity index (χ2n) is 7.32. The van der Waals surface area contributed by atoms with Crippen LogP contribution in [0.25, 0.3) is 15.0 Å². The maximum absolute atomic E-state index is 12.8. The second kappa shape index (κ2) is 6.82. The van der Waals surface area contributed by atoms with Crippen molar-refractivity contribution in [1.82, 2.24) is 0 Å². The third-order valence-electron chi connectivity index (χ3n) is 4.94. The summed E-state index contributed by atoms with van der Waals surface area (Å²) in [5.74, 6) is -0.277. The highest BCUT2D eigenvalue weighted by Crippen LogP contribution is 2.43. The van der Waals surface area contributed by atoms with Crippen LogP contribution in [0.1, 0.15) is 35.5 Å². The third kappa shape index (κ3) is 3.35. The van der Waals surface area contributed by atoms with Gasteiger partial charge in [-0.1, -0.05) is 36.4 Å². The quantitative estimate of drug-likeness (QED) is 0.374. The standard InChI is InChI=1S/C24H23O2S/c1-17-15-18-9-4-7-14-22(18)27(17)21-13-8-10-19(16-21)23(25)26-24(2,3)20-11-5-6-12-20/h4-5,7-16H,6H2,1-3H3/q+1. The van der Waals surface area contributed by atoms with Gasteiger partial charge in [-0.05, 0) is 50.1 Å². The fraction of sp³-hybridized carbons (Fsp3) is 0.208. The zero-order chi connectivity index (χ0) is 19.0. The molecule has 0 N–H and O–H groups in total. The lowest BCUT2D eigenvalue weighted by molar-refractivity contribution is 0.0146. The number of rotatable bonds is 4. The molecular formula is C24H23O2S+. The number of allylic oxidation sites excluding steroid dienone is 2. The molecule has 1 atom stereocenters. The van der Waals surface area contributed by atoms with E-state index in [2.05, 4.69) is 55.5 Å². The topological polar surface area (TPSA) is 26.3 Å². The molecule has 3 aromatic rings. The Morgan fingerprint density at radius 1 is 1.07 bits per heavy atom. The van der Waals surface area contributed by atoms with E-state index in [1.54, 1.807) is 0 Å². The van der Waals surface area contributed by atoms with E-state index in [-0.39, 0.29) is 16.4 Å². The summed E-state index contributed by atoms with van der Waals surface area (Å²) in [6, 6.07) is 18.6. The first-order chi connectivity index (χ1) is 13.0. The van der Waals surface area contributed by atoms with E-state index in [1.165, 1.54) is 15.0 Å². The van der Waals surface area contributed by atoms with Gasteiger partial charge in [0.25, 0.3) is 0 Å². The number of hydrogen-bond acceptors (Lipinski definition) is 2. The van der Waals surface area contributed by atoms with E-state index in [9.17, 15) is 4.79 Å². The number of thiophene rings is 1. The van der Waals surface area contributed by atoms with Crippen molar-refractivity contribution in [3.63, 3.8) is 0 Å². The fourth-order valence-electron chi connectivity index (χ4n) is 3.55. The SMILES string of the molecule is Cc1cc2ccccc2[s+]1-c1cccc(C(=O)OC(C)(C)C2=CCC=C2)c1. The van der Waals surface area contributed by atoms with Crippen LogP contribution in [0.15, 0.2) is 78.4 Å². The van der Waals surface area contributed by atoms with Gasteiger partial charge in [0.15, 0.2) is 14.5 Å². The maximum atomic E-state index is 12.8. The summed E-state index contributed by atoms with van der Waals surface area (Å²) in [6.07, 6.45) is 7.13. The van der Waals surface area contributed by atoms with Gasteiger partial charge in [0.2, 0.25) is 0 Å². The number of fused-ring (bicyclic) bond motifs is 1. The Hall–Kier alpha value is -2.65. The Morgan fingerprint density at radius 2 is 1.89 bits per heavy atom. The highest BCUT2D eigenvalue weighted by atomic mass is 32.2. The third-order valence-corrected chi connectivity index (χ3v) is 7.24. The van der Waals surface area contributed by atoms with Crippen LogP contribution in [0.4, 0.5) is 0 Å².